The second-order valence-electron chi connectivity index (χ2n) is 8.17. The van der Waals surface area contributed by atoms with E-state index in [4.69, 9.17) is 9.47 Å². The van der Waals surface area contributed by atoms with Gasteiger partial charge in [-0.15, -0.1) is 0 Å². The van der Waals surface area contributed by atoms with E-state index in [9.17, 15) is 9.59 Å². The second kappa shape index (κ2) is 8.48. The van der Waals surface area contributed by atoms with Crippen molar-refractivity contribution in [3.8, 4) is 5.75 Å². The van der Waals surface area contributed by atoms with Crippen LogP contribution in [0.5, 0.6) is 5.75 Å². The number of amides is 2. The van der Waals surface area contributed by atoms with E-state index in [1.807, 2.05) is 67.3 Å². The van der Waals surface area contributed by atoms with Gasteiger partial charge in [-0.2, -0.15) is 0 Å². The van der Waals surface area contributed by atoms with Crippen LogP contribution in [0.3, 0.4) is 0 Å². The van der Waals surface area contributed by atoms with Gasteiger partial charge >= 0.3 is 0 Å². The first-order valence-electron chi connectivity index (χ1n) is 10.4. The lowest BCUT2D eigenvalue weighted by atomic mass is 10.0. The molecule has 0 spiro atoms. The minimum atomic E-state index is -0.357. The van der Waals surface area contributed by atoms with Crippen molar-refractivity contribution in [2.45, 2.75) is 32.5 Å². The van der Waals surface area contributed by atoms with Crippen LogP contribution in [-0.4, -0.2) is 49.6 Å². The molecule has 4 rings (SSSR count). The Kier molecular flexibility index (Phi) is 5.77. The molecule has 2 aromatic carbocycles. The number of methoxy groups -OCH3 is 1. The Morgan fingerprint density at radius 1 is 1.10 bits per heavy atom. The van der Waals surface area contributed by atoms with Crippen LogP contribution in [0.25, 0.3) is 0 Å². The molecule has 6 nitrogen and oxygen atoms in total. The van der Waals surface area contributed by atoms with Crippen molar-refractivity contribution >= 4 is 17.5 Å². The van der Waals surface area contributed by atoms with Gasteiger partial charge in [-0.25, -0.2) is 0 Å². The third kappa shape index (κ3) is 4.05. The fraction of sp³-hybridized carbons (Fsp3) is 0.417. The second-order valence-corrected chi connectivity index (χ2v) is 8.17. The van der Waals surface area contributed by atoms with Crippen molar-refractivity contribution in [3.63, 3.8) is 0 Å². The molecular formula is C24H28N2O4. The molecule has 0 saturated carbocycles. The van der Waals surface area contributed by atoms with Crippen LogP contribution in [0.1, 0.15) is 30.6 Å². The van der Waals surface area contributed by atoms with Crippen molar-refractivity contribution in [2.24, 2.45) is 5.92 Å². The number of carbonyl (C=O) groups excluding carboxylic acids is 2. The lowest BCUT2D eigenvalue weighted by Crippen LogP contribution is -2.48. The summed E-state index contributed by atoms with van der Waals surface area (Å²) in [5.74, 6) is 0.266. The van der Waals surface area contributed by atoms with Gasteiger partial charge in [0.2, 0.25) is 11.8 Å². The fourth-order valence-corrected chi connectivity index (χ4v) is 4.36. The standard InChI is InChI=1S/C24H28N2O4/c1-16-9-10-21(29-3)20(11-16)26-14-19(12-23(26)27)24(28)25-13-17(2)30-22(15-25)18-7-5-4-6-8-18/h4-11,17,19,22H,12-15H2,1-3H3. The number of hydrogen-bond acceptors (Lipinski definition) is 4. The predicted octanol–water partition coefficient (Wildman–Crippen LogP) is 3.35. The van der Waals surface area contributed by atoms with Crippen LogP contribution in [0, 0.1) is 12.8 Å². The molecule has 0 bridgehead atoms. The summed E-state index contributed by atoms with van der Waals surface area (Å²) in [6, 6.07) is 15.7. The van der Waals surface area contributed by atoms with Gasteiger partial charge in [0.15, 0.2) is 0 Å². The highest BCUT2D eigenvalue weighted by molar-refractivity contribution is 6.01. The number of hydrogen-bond donors (Lipinski definition) is 0. The van der Waals surface area contributed by atoms with Crippen LogP contribution in [0.2, 0.25) is 0 Å². The van der Waals surface area contributed by atoms with E-state index < -0.39 is 0 Å². The smallest absolute Gasteiger partial charge is 0.228 e. The van der Waals surface area contributed by atoms with E-state index in [0.29, 0.717) is 25.4 Å². The molecule has 6 heteroatoms. The molecule has 3 unspecified atom stereocenters. The Labute approximate surface area is 177 Å². The zero-order chi connectivity index (χ0) is 21.3. The number of anilines is 1. The van der Waals surface area contributed by atoms with Gasteiger partial charge in [0.25, 0.3) is 0 Å². The Hall–Kier alpha value is -2.86. The van der Waals surface area contributed by atoms with Gasteiger partial charge in [0, 0.05) is 19.5 Å². The fourth-order valence-electron chi connectivity index (χ4n) is 4.36. The van der Waals surface area contributed by atoms with Crippen molar-refractivity contribution in [3.05, 3.63) is 59.7 Å². The number of carbonyl (C=O) groups is 2. The highest BCUT2D eigenvalue weighted by Gasteiger charge is 2.40. The van der Waals surface area contributed by atoms with Crippen LogP contribution in [0.4, 0.5) is 5.69 Å². The normalized spacial score (nSPS) is 24.2. The van der Waals surface area contributed by atoms with Crippen LogP contribution >= 0.6 is 0 Å². The zero-order valence-electron chi connectivity index (χ0n) is 17.7. The van der Waals surface area contributed by atoms with Crippen molar-refractivity contribution in [2.75, 3.05) is 31.6 Å². The number of rotatable bonds is 4. The summed E-state index contributed by atoms with van der Waals surface area (Å²) >= 11 is 0. The molecular weight excluding hydrogens is 380 g/mol. The third-order valence-electron chi connectivity index (χ3n) is 5.84. The van der Waals surface area contributed by atoms with Crippen molar-refractivity contribution < 1.29 is 19.1 Å². The first-order valence-corrected chi connectivity index (χ1v) is 10.4. The lowest BCUT2D eigenvalue weighted by Gasteiger charge is -2.38. The first kappa shape index (κ1) is 20.4. The van der Waals surface area contributed by atoms with E-state index >= 15 is 0 Å². The summed E-state index contributed by atoms with van der Waals surface area (Å²) in [4.78, 5) is 29.7. The van der Waals surface area contributed by atoms with Gasteiger partial charge in [0.1, 0.15) is 11.9 Å². The molecule has 2 fully saturated rings. The van der Waals surface area contributed by atoms with Crippen molar-refractivity contribution in [1.29, 1.82) is 0 Å². The van der Waals surface area contributed by atoms with Gasteiger partial charge in [-0.3, -0.25) is 9.59 Å². The maximum absolute atomic E-state index is 13.3. The number of nitrogens with zero attached hydrogens (tertiary/aromatic N) is 2. The summed E-state index contributed by atoms with van der Waals surface area (Å²) in [5, 5.41) is 0. The molecule has 2 aliphatic heterocycles. The summed E-state index contributed by atoms with van der Waals surface area (Å²) in [7, 11) is 1.59. The molecule has 158 valence electrons. The minimum absolute atomic E-state index is 0.0218. The third-order valence-corrected chi connectivity index (χ3v) is 5.84. The molecule has 2 saturated heterocycles. The molecule has 0 aromatic heterocycles. The van der Waals surface area contributed by atoms with Crippen LogP contribution in [0.15, 0.2) is 48.5 Å². The Morgan fingerprint density at radius 3 is 2.60 bits per heavy atom. The van der Waals surface area contributed by atoms with Gasteiger partial charge in [-0.05, 0) is 37.1 Å². The molecule has 30 heavy (non-hydrogen) atoms. The maximum atomic E-state index is 13.3. The van der Waals surface area contributed by atoms with Gasteiger partial charge < -0.3 is 19.3 Å². The van der Waals surface area contributed by atoms with Gasteiger partial charge in [0.05, 0.1) is 31.4 Å². The number of benzene rings is 2. The van der Waals surface area contributed by atoms with Crippen LogP contribution < -0.4 is 9.64 Å². The molecule has 0 N–H and O–H groups in total. The average molecular weight is 408 g/mol. The number of ether oxygens (including phenoxy) is 2. The van der Waals surface area contributed by atoms with Crippen molar-refractivity contribution in [1.82, 2.24) is 4.90 Å². The Bertz CT molecular complexity index is 930. The molecule has 2 amide bonds. The Morgan fingerprint density at radius 2 is 1.87 bits per heavy atom. The SMILES string of the molecule is COc1ccc(C)cc1N1CC(C(=O)N2CC(C)OC(c3ccccc3)C2)CC1=O. The van der Waals surface area contributed by atoms with Gasteiger partial charge in [-0.1, -0.05) is 36.4 Å². The van der Waals surface area contributed by atoms with E-state index in [2.05, 4.69) is 0 Å². The number of aryl methyl sites for hydroxylation is 1. The maximum Gasteiger partial charge on any atom is 0.228 e. The van der Waals surface area contributed by atoms with Crippen LogP contribution in [-0.2, 0) is 14.3 Å². The molecule has 2 aromatic rings. The first-order chi connectivity index (χ1) is 14.5. The molecule has 2 heterocycles. The largest absolute Gasteiger partial charge is 0.495 e. The molecule has 0 radical (unpaired) electrons. The summed E-state index contributed by atoms with van der Waals surface area (Å²) < 4.78 is 11.5. The summed E-state index contributed by atoms with van der Waals surface area (Å²) in [6.45, 7) is 5.38. The molecule has 3 atom stereocenters. The zero-order valence-corrected chi connectivity index (χ0v) is 17.7. The lowest BCUT2D eigenvalue weighted by molar-refractivity contribution is -0.148. The molecule has 0 aliphatic carbocycles. The quantitative estimate of drug-likeness (QED) is 0.779. The highest BCUT2D eigenvalue weighted by atomic mass is 16.5. The Balaban J connectivity index is 1.50. The minimum Gasteiger partial charge on any atom is -0.495 e. The van der Waals surface area contributed by atoms with E-state index in [1.54, 1.807) is 12.0 Å². The van der Waals surface area contributed by atoms with E-state index in [0.717, 1.165) is 16.8 Å². The highest BCUT2D eigenvalue weighted by Crippen LogP contribution is 2.35. The number of morpholine rings is 1. The van der Waals surface area contributed by atoms with E-state index in [-0.39, 0.29) is 36.4 Å². The predicted molar refractivity (Wildman–Crippen MR) is 115 cm³/mol. The average Bonchev–Trinajstić information content (AvgIpc) is 3.14. The molecule has 2 aliphatic rings. The summed E-state index contributed by atoms with van der Waals surface area (Å²) in [6.07, 6.45) is 0.0134. The topological polar surface area (TPSA) is 59.1 Å². The van der Waals surface area contributed by atoms with E-state index in [1.165, 1.54) is 0 Å². The summed E-state index contributed by atoms with van der Waals surface area (Å²) in [5.41, 5.74) is 2.84. The monoisotopic (exact) mass is 408 g/mol.